The molecule has 2 aromatic rings. The SMILES string of the molecule is COc1cc(OC)c(/C=C2\SC(=Nc3ccccc3)N(C3CCCC3)C2=O)cc1Br. The summed E-state index contributed by atoms with van der Waals surface area (Å²) in [6.07, 6.45) is 6.22. The van der Waals surface area contributed by atoms with Crippen LogP contribution in [-0.4, -0.2) is 36.2 Å². The number of methoxy groups -OCH3 is 2. The molecule has 1 heterocycles. The Labute approximate surface area is 189 Å². The Morgan fingerprint density at radius 1 is 1.10 bits per heavy atom. The van der Waals surface area contributed by atoms with E-state index in [0.717, 1.165) is 46.6 Å². The fourth-order valence-electron chi connectivity index (χ4n) is 3.80. The van der Waals surface area contributed by atoms with Crippen LogP contribution in [0.2, 0.25) is 0 Å². The summed E-state index contributed by atoms with van der Waals surface area (Å²) in [5.41, 5.74) is 1.66. The third-order valence-corrected chi connectivity index (χ3v) is 6.90. The minimum Gasteiger partial charge on any atom is -0.496 e. The second kappa shape index (κ2) is 9.27. The summed E-state index contributed by atoms with van der Waals surface area (Å²) in [5, 5.41) is 0.746. The fraction of sp³-hybridized carbons (Fsp3) is 0.304. The first-order valence-corrected chi connectivity index (χ1v) is 11.5. The van der Waals surface area contributed by atoms with Crippen molar-refractivity contribution in [1.82, 2.24) is 4.90 Å². The minimum absolute atomic E-state index is 0.00979. The van der Waals surface area contributed by atoms with E-state index in [0.29, 0.717) is 16.4 Å². The summed E-state index contributed by atoms with van der Waals surface area (Å²) in [6.45, 7) is 0. The molecule has 0 aromatic heterocycles. The number of hydrogen-bond acceptors (Lipinski definition) is 5. The molecule has 1 aliphatic heterocycles. The zero-order chi connectivity index (χ0) is 21.1. The lowest BCUT2D eigenvalue weighted by atomic mass is 10.1. The van der Waals surface area contributed by atoms with E-state index in [-0.39, 0.29) is 11.9 Å². The Balaban J connectivity index is 1.73. The van der Waals surface area contributed by atoms with Crippen molar-refractivity contribution >= 4 is 50.5 Å². The summed E-state index contributed by atoms with van der Waals surface area (Å²) < 4.78 is 11.7. The normalized spacial score (nSPS) is 19.8. The van der Waals surface area contributed by atoms with Crippen LogP contribution in [0.5, 0.6) is 11.5 Å². The molecule has 30 heavy (non-hydrogen) atoms. The van der Waals surface area contributed by atoms with Crippen molar-refractivity contribution in [1.29, 1.82) is 0 Å². The summed E-state index contributed by atoms with van der Waals surface area (Å²) in [4.78, 5) is 20.7. The molecule has 1 aliphatic carbocycles. The van der Waals surface area contributed by atoms with E-state index in [9.17, 15) is 4.79 Å². The van der Waals surface area contributed by atoms with Crippen molar-refractivity contribution in [3.05, 3.63) is 57.4 Å². The number of ether oxygens (including phenoxy) is 2. The van der Waals surface area contributed by atoms with Crippen LogP contribution in [0.4, 0.5) is 5.69 Å². The van der Waals surface area contributed by atoms with Crippen LogP contribution in [0.25, 0.3) is 6.08 Å². The Hall–Kier alpha value is -2.25. The van der Waals surface area contributed by atoms with E-state index in [1.54, 1.807) is 14.2 Å². The molecule has 2 aliphatic rings. The first-order chi connectivity index (χ1) is 14.6. The molecule has 5 nitrogen and oxygen atoms in total. The van der Waals surface area contributed by atoms with E-state index in [1.165, 1.54) is 11.8 Å². The lowest BCUT2D eigenvalue weighted by molar-refractivity contribution is -0.123. The van der Waals surface area contributed by atoms with Gasteiger partial charge < -0.3 is 9.47 Å². The molecule has 0 unspecified atom stereocenters. The largest absolute Gasteiger partial charge is 0.496 e. The fourth-order valence-corrected chi connectivity index (χ4v) is 5.37. The number of benzene rings is 2. The van der Waals surface area contributed by atoms with Crippen LogP contribution in [-0.2, 0) is 4.79 Å². The maximum Gasteiger partial charge on any atom is 0.267 e. The standard InChI is InChI=1S/C23H23BrN2O3S/c1-28-19-14-20(29-2)18(24)12-15(19)13-21-22(27)26(17-10-6-7-11-17)23(30-21)25-16-8-4-3-5-9-16/h3-5,8-9,12-14,17H,6-7,10-11H2,1-2H3/b21-13-,25-23?. The Bertz CT molecular complexity index is 1000. The molecule has 1 amide bonds. The van der Waals surface area contributed by atoms with E-state index in [4.69, 9.17) is 14.5 Å². The van der Waals surface area contributed by atoms with Gasteiger partial charge in [-0.25, -0.2) is 4.99 Å². The van der Waals surface area contributed by atoms with Crippen LogP contribution in [0, 0.1) is 0 Å². The number of rotatable bonds is 5. The highest BCUT2D eigenvalue weighted by Gasteiger charge is 2.39. The summed E-state index contributed by atoms with van der Waals surface area (Å²) in [5.74, 6) is 1.34. The van der Waals surface area contributed by atoms with Crippen LogP contribution in [0.3, 0.4) is 0 Å². The third-order valence-electron chi connectivity index (χ3n) is 5.30. The Kier molecular flexibility index (Phi) is 6.49. The van der Waals surface area contributed by atoms with Crippen LogP contribution in [0.15, 0.2) is 56.8 Å². The molecule has 2 aromatic carbocycles. The topological polar surface area (TPSA) is 51.1 Å². The van der Waals surface area contributed by atoms with Gasteiger partial charge in [0.15, 0.2) is 5.17 Å². The van der Waals surface area contributed by atoms with Gasteiger partial charge in [-0.05, 0) is 64.8 Å². The van der Waals surface area contributed by atoms with Crippen LogP contribution >= 0.6 is 27.7 Å². The maximum absolute atomic E-state index is 13.4. The highest BCUT2D eigenvalue weighted by atomic mass is 79.9. The van der Waals surface area contributed by atoms with Gasteiger partial charge in [-0.2, -0.15) is 0 Å². The lowest BCUT2D eigenvalue weighted by Crippen LogP contribution is -2.37. The van der Waals surface area contributed by atoms with E-state index >= 15 is 0 Å². The van der Waals surface area contributed by atoms with Gasteiger partial charge in [-0.1, -0.05) is 31.0 Å². The van der Waals surface area contributed by atoms with Gasteiger partial charge in [0.2, 0.25) is 0 Å². The average molecular weight is 487 g/mol. The van der Waals surface area contributed by atoms with Gasteiger partial charge in [0.1, 0.15) is 11.5 Å². The molecule has 0 radical (unpaired) electrons. The van der Waals surface area contributed by atoms with Gasteiger partial charge in [0.05, 0.1) is 29.3 Å². The smallest absolute Gasteiger partial charge is 0.267 e. The van der Waals surface area contributed by atoms with Crippen LogP contribution < -0.4 is 9.47 Å². The molecular formula is C23H23BrN2O3S. The number of halogens is 1. The molecule has 2 fully saturated rings. The molecule has 7 heteroatoms. The number of nitrogens with zero attached hydrogens (tertiary/aromatic N) is 2. The number of thioether (sulfide) groups is 1. The highest BCUT2D eigenvalue weighted by molar-refractivity contribution is 9.10. The molecule has 0 spiro atoms. The first kappa shape index (κ1) is 21.0. The predicted octanol–water partition coefficient (Wildman–Crippen LogP) is 6.01. The molecule has 1 saturated heterocycles. The van der Waals surface area contributed by atoms with E-state index < -0.39 is 0 Å². The monoisotopic (exact) mass is 486 g/mol. The number of amidine groups is 1. The zero-order valence-electron chi connectivity index (χ0n) is 16.9. The van der Waals surface area contributed by atoms with Crippen molar-refractivity contribution in [3.63, 3.8) is 0 Å². The molecule has 156 valence electrons. The number of para-hydroxylation sites is 1. The molecule has 4 rings (SSSR count). The van der Waals surface area contributed by atoms with Crippen molar-refractivity contribution in [2.24, 2.45) is 4.99 Å². The van der Waals surface area contributed by atoms with Crippen LogP contribution in [0.1, 0.15) is 31.2 Å². The molecule has 0 bridgehead atoms. The Morgan fingerprint density at radius 3 is 2.47 bits per heavy atom. The summed E-state index contributed by atoms with van der Waals surface area (Å²) in [7, 11) is 3.22. The number of amides is 1. The molecule has 1 saturated carbocycles. The van der Waals surface area contributed by atoms with Gasteiger partial charge in [-0.3, -0.25) is 9.69 Å². The highest BCUT2D eigenvalue weighted by Crippen LogP contribution is 2.41. The average Bonchev–Trinajstić information content (AvgIpc) is 3.37. The van der Waals surface area contributed by atoms with Gasteiger partial charge in [0.25, 0.3) is 5.91 Å². The number of aliphatic imine (C=N–C) groups is 1. The van der Waals surface area contributed by atoms with Gasteiger partial charge >= 0.3 is 0 Å². The predicted molar refractivity (Wildman–Crippen MR) is 125 cm³/mol. The first-order valence-electron chi connectivity index (χ1n) is 9.89. The van der Waals surface area contributed by atoms with E-state index in [2.05, 4.69) is 15.9 Å². The number of carbonyl (C=O) groups excluding carboxylic acids is 1. The molecule has 0 atom stereocenters. The third kappa shape index (κ3) is 4.27. The molecular weight excluding hydrogens is 464 g/mol. The molecule has 0 N–H and O–H groups in total. The second-order valence-corrected chi connectivity index (χ2v) is 9.05. The lowest BCUT2D eigenvalue weighted by Gasteiger charge is -2.22. The van der Waals surface area contributed by atoms with Gasteiger partial charge in [-0.15, -0.1) is 0 Å². The van der Waals surface area contributed by atoms with Crippen molar-refractivity contribution in [3.8, 4) is 11.5 Å². The summed E-state index contributed by atoms with van der Waals surface area (Å²) >= 11 is 4.95. The number of carbonyl (C=O) groups is 1. The van der Waals surface area contributed by atoms with Crippen molar-refractivity contribution in [2.45, 2.75) is 31.7 Å². The minimum atomic E-state index is 0.00979. The summed E-state index contributed by atoms with van der Waals surface area (Å²) in [6, 6.07) is 13.7. The quantitative estimate of drug-likeness (QED) is 0.485. The Morgan fingerprint density at radius 2 is 1.80 bits per heavy atom. The van der Waals surface area contributed by atoms with Crippen molar-refractivity contribution in [2.75, 3.05) is 14.2 Å². The number of hydrogen-bond donors (Lipinski definition) is 0. The van der Waals surface area contributed by atoms with Crippen molar-refractivity contribution < 1.29 is 14.3 Å². The second-order valence-electron chi connectivity index (χ2n) is 7.18. The zero-order valence-corrected chi connectivity index (χ0v) is 19.3. The van der Waals surface area contributed by atoms with E-state index in [1.807, 2.05) is 53.4 Å². The van der Waals surface area contributed by atoms with Gasteiger partial charge in [0, 0.05) is 17.7 Å². The maximum atomic E-state index is 13.4.